The molecule has 8 nitrogen and oxygen atoms in total. The van der Waals surface area contributed by atoms with Crippen molar-refractivity contribution in [1.29, 1.82) is 5.26 Å². The average Bonchev–Trinajstić information content (AvgIpc) is 2.72. The highest BCUT2D eigenvalue weighted by molar-refractivity contribution is 7.90. The molecule has 0 aromatic heterocycles. The molecular weight excluding hydrogens is 432 g/mol. The predicted octanol–water partition coefficient (Wildman–Crippen LogP) is 1.64. The van der Waals surface area contributed by atoms with Gasteiger partial charge in [-0.05, 0) is 18.2 Å². The molecule has 0 saturated carbocycles. The van der Waals surface area contributed by atoms with Crippen LogP contribution < -0.4 is 15.4 Å². The lowest BCUT2D eigenvalue weighted by molar-refractivity contribution is -0.122. The lowest BCUT2D eigenvalue weighted by atomic mass is 10.2. The molecule has 0 radical (unpaired) electrons. The Morgan fingerprint density at radius 1 is 1.06 bits per heavy atom. The first-order chi connectivity index (χ1) is 14.7. The number of nitriles is 1. The van der Waals surface area contributed by atoms with E-state index in [1.807, 2.05) is 0 Å². The normalized spacial score (nSPS) is 11.9. The molecule has 0 spiro atoms. The average molecular weight is 451 g/mol. The molecule has 1 atom stereocenters. The summed E-state index contributed by atoms with van der Waals surface area (Å²) in [5.74, 6) is -3.37. The van der Waals surface area contributed by atoms with E-state index < -0.39 is 45.8 Å². The van der Waals surface area contributed by atoms with Gasteiger partial charge >= 0.3 is 6.61 Å². The zero-order chi connectivity index (χ0) is 22.9. The number of carbonyl (C=O) groups excluding carboxylic acids is 2. The zero-order valence-electron chi connectivity index (χ0n) is 16.1. The van der Waals surface area contributed by atoms with Crippen LogP contribution in [0.25, 0.3) is 0 Å². The molecule has 0 aliphatic carbocycles. The number of carbonyl (C=O) groups is 2. The monoisotopic (exact) mass is 451 g/mol. The number of benzene rings is 2. The number of nitrogens with zero attached hydrogens (tertiary/aromatic N) is 1. The minimum atomic E-state index is -4.07. The number of rotatable bonds is 10. The van der Waals surface area contributed by atoms with Crippen LogP contribution in [0.1, 0.15) is 15.9 Å². The number of alkyl halides is 2. The van der Waals surface area contributed by atoms with E-state index in [2.05, 4.69) is 15.4 Å². The van der Waals surface area contributed by atoms with Crippen molar-refractivity contribution >= 4 is 21.7 Å². The molecule has 1 unspecified atom stereocenters. The quantitative estimate of drug-likeness (QED) is 0.529. The van der Waals surface area contributed by atoms with Crippen molar-refractivity contribution < 1.29 is 31.5 Å². The lowest BCUT2D eigenvalue weighted by Gasteiger charge is -2.18. The van der Waals surface area contributed by atoms with Crippen LogP contribution in [-0.2, 0) is 20.4 Å². The van der Waals surface area contributed by atoms with Gasteiger partial charge in [0.25, 0.3) is 5.91 Å². The molecule has 2 N–H and O–H groups in total. The third-order valence-electron chi connectivity index (χ3n) is 3.98. The number of nitrogens with one attached hydrogen (secondary N) is 2. The maximum atomic E-state index is 12.7. The summed E-state index contributed by atoms with van der Waals surface area (Å²) in [5.41, 5.74) is 0.182. The molecule has 0 aliphatic rings. The van der Waals surface area contributed by atoms with Crippen molar-refractivity contribution in [3.8, 4) is 11.8 Å². The summed E-state index contributed by atoms with van der Waals surface area (Å²) in [6, 6.07) is 13.4. The van der Waals surface area contributed by atoms with E-state index in [9.17, 15) is 26.8 Å². The minimum absolute atomic E-state index is 0.0200. The van der Waals surface area contributed by atoms with Crippen LogP contribution in [0.5, 0.6) is 5.75 Å². The Bertz CT molecular complexity index is 1060. The van der Waals surface area contributed by atoms with Gasteiger partial charge in [-0.3, -0.25) is 9.59 Å². The van der Waals surface area contributed by atoms with Crippen molar-refractivity contribution in [2.75, 3.05) is 12.3 Å². The molecule has 31 heavy (non-hydrogen) atoms. The Labute approximate surface area is 177 Å². The molecule has 2 rings (SSSR count). The summed E-state index contributed by atoms with van der Waals surface area (Å²) in [6.45, 7) is -3.53. The highest BCUT2D eigenvalue weighted by Gasteiger charge is 2.28. The molecule has 0 heterocycles. The summed E-state index contributed by atoms with van der Waals surface area (Å²) in [6.07, 6.45) is 0. The molecule has 0 bridgehead atoms. The first-order valence-electron chi connectivity index (χ1n) is 8.95. The summed E-state index contributed by atoms with van der Waals surface area (Å²) in [7, 11) is -4.07. The Balaban J connectivity index is 2.21. The summed E-state index contributed by atoms with van der Waals surface area (Å²) < 4.78 is 54.9. The van der Waals surface area contributed by atoms with Gasteiger partial charge in [0, 0.05) is 11.1 Å². The van der Waals surface area contributed by atoms with E-state index in [1.165, 1.54) is 36.4 Å². The van der Waals surface area contributed by atoms with E-state index in [1.54, 1.807) is 24.3 Å². The van der Waals surface area contributed by atoms with Crippen molar-refractivity contribution in [2.24, 2.45) is 0 Å². The molecule has 2 aromatic rings. The Morgan fingerprint density at radius 3 is 2.35 bits per heavy atom. The van der Waals surface area contributed by atoms with Crippen molar-refractivity contribution in [3.05, 3.63) is 65.7 Å². The molecule has 2 aromatic carbocycles. The third-order valence-corrected chi connectivity index (χ3v) is 5.58. The Morgan fingerprint density at radius 2 is 1.71 bits per heavy atom. The minimum Gasteiger partial charge on any atom is -0.435 e. The van der Waals surface area contributed by atoms with Gasteiger partial charge in [0.2, 0.25) is 5.91 Å². The predicted molar refractivity (Wildman–Crippen MR) is 107 cm³/mol. The van der Waals surface area contributed by atoms with E-state index in [-0.39, 0.29) is 23.4 Å². The lowest BCUT2D eigenvalue weighted by Crippen LogP contribution is -2.50. The van der Waals surface area contributed by atoms with Crippen molar-refractivity contribution in [2.45, 2.75) is 18.4 Å². The van der Waals surface area contributed by atoms with Crippen LogP contribution >= 0.6 is 0 Å². The van der Waals surface area contributed by atoms with Gasteiger partial charge in [0.1, 0.15) is 18.3 Å². The Hall–Kier alpha value is -3.52. The largest absolute Gasteiger partial charge is 0.435 e. The van der Waals surface area contributed by atoms with E-state index >= 15 is 0 Å². The van der Waals surface area contributed by atoms with Crippen LogP contribution in [0, 0.1) is 11.3 Å². The molecule has 164 valence electrons. The number of hydrogen-bond acceptors (Lipinski definition) is 6. The second-order valence-corrected chi connectivity index (χ2v) is 8.42. The van der Waals surface area contributed by atoms with Gasteiger partial charge in [0.15, 0.2) is 9.84 Å². The molecule has 0 fully saturated rings. The van der Waals surface area contributed by atoms with Crippen LogP contribution in [-0.4, -0.2) is 45.2 Å². The molecular formula is C20H19F2N3O5S. The van der Waals surface area contributed by atoms with Crippen LogP contribution in [0.4, 0.5) is 8.78 Å². The second kappa shape index (κ2) is 11.0. The number of hydrogen-bond donors (Lipinski definition) is 2. The Kier molecular flexibility index (Phi) is 8.45. The first-order valence-corrected chi connectivity index (χ1v) is 10.8. The van der Waals surface area contributed by atoms with E-state index in [4.69, 9.17) is 5.26 Å². The fraction of sp³-hybridized carbons (Fsp3) is 0.250. The van der Waals surface area contributed by atoms with Crippen LogP contribution in [0.15, 0.2) is 54.6 Å². The fourth-order valence-electron chi connectivity index (χ4n) is 2.65. The fourth-order valence-corrected chi connectivity index (χ4v) is 4.22. The zero-order valence-corrected chi connectivity index (χ0v) is 16.9. The van der Waals surface area contributed by atoms with Gasteiger partial charge in [-0.2, -0.15) is 14.0 Å². The first kappa shape index (κ1) is 23.8. The van der Waals surface area contributed by atoms with Gasteiger partial charge < -0.3 is 15.4 Å². The number of ether oxygens (including phenoxy) is 1. The SMILES string of the molecule is N#CCNC(=O)C(CS(=O)(=O)Cc1ccccc1OC(F)F)NC(=O)c1ccccc1. The topological polar surface area (TPSA) is 125 Å². The van der Waals surface area contributed by atoms with Crippen LogP contribution in [0.2, 0.25) is 0 Å². The number of amides is 2. The van der Waals surface area contributed by atoms with Gasteiger partial charge in [-0.1, -0.05) is 36.4 Å². The summed E-state index contributed by atoms with van der Waals surface area (Å²) >= 11 is 0. The summed E-state index contributed by atoms with van der Waals surface area (Å²) in [4.78, 5) is 24.7. The highest BCUT2D eigenvalue weighted by atomic mass is 32.2. The number of sulfone groups is 1. The molecule has 0 aliphatic heterocycles. The summed E-state index contributed by atoms with van der Waals surface area (Å²) in [5, 5.41) is 13.2. The van der Waals surface area contributed by atoms with Crippen LogP contribution in [0.3, 0.4) is 0 Å². The molecule has 0 saturated heterocycles. The van der Waals surface area contributed by atoms with Gasteiger partial charge in [-0.25, -0.2) is 8.42 Å². The van der Waals surface area contributed by atoms with Gasteiger partial charge in [-0.15, -0.1) is 0 Å². The van der Waals surface area contributed by atoms with E-state index in [0.29, 0.717) is 0 Å². The maximum Gasteiger partial charge on any atom is 0.387 e. The molecule has 2 amide bonds. The highest BCUT2D eigenvalue weighted by Crippen LogP contribution is 2.23. The third kappa shape index (κ3) is 7.67. The maximum absolute atomic E-state index is 12.7. The van der Waals surface area contributed by atoms with Crippen molar-refractivity contribution in [1.82, 2.24) is 10.6 Å². The van der Waals surface area contributed by atoms with E-state index in [0.717, 1.165) is 0 Å². The van der Waals surface area contributed by atoms with Crippen molar-refractivity contribution in [3.63, 3.8) is 0 Å². The smallest absolute Gasteiger partial charge is 0.387 e. The second-order valence-electron chi connectivity index (χ2n) is 6.31. The molecule has 11 heteroatoms. The number of halogens is 2. The standard InChI is InChI=1S/C20H19F2N3O5S/c21-20(22)30-17-9-5-4-8-15(17)12-31(28,29)13-16(19(27)24-11-10-23)25-18(26)14-6-2-1-3-7-14/h1-9,16,20H,11-13H2,(H,24,27)(H,25,26). The van der Waals surface area contributed by atoms with Gasteiger partial charge in [0.05, 0.1) is 17.6 Å². The number of para-hydroxylation sites is 1.